The molecule has 0 aromatic carbocycles. The number of hydrogen-bond acceptors (Lipinski definition) is 3. The predicted octanol–water partition coefficient (Wildman–Crippen LogP) is 5.47. The van der Waals surface area contributed by atoms with E-state index in [9.17, 15) is 0 Å². The molecule has 1 nitrogen and oxygen atoms in total. The highest BCUT2D eigenvalue weighted by Crippen LogP contribution is 2.29. The van der Waals surface area contributed by atoms with Crippen molar-refractivity contribution >= 4 is 33.0 Å². The van der Waals surface area contributed by atoms with E-state index in [2.05, 4.69) is 30.5 Å². The van der Waals surface area contributed by atoms with E-state index < -0.39 is 0 Å². The average Bonchev–Trinajstić information content (AvgIpc) is 2.83. The molecule has 0 saturated carbocycles. The fourth-order valence-electron chi connectivity index (χ4n) is 1.56. The Labute approximate surface area is 122 Å². The number of ether oxygens (including phenoxy) is 1. The fraction of sp³-hybridized carbons (Fsp3) is 0.429. The van der Waals surface area contributed by atoms with Crippen LogP contribution < -0.4 is 0 Å². The molecule has 0 N–H and O–H groups in total. The first-order chi connectivity index (χ1) is 8.80. The van der Waals surface area contributed by atoms with Gasteiger partial charge in [0.1, 0.15) is 0 Å². The summed E-state index contributed by atoms with van der Waals surface area (Å²) < 4.78 is 6.84. The van der Waals surface area contributed by atoms with Gasteiger partial charge in [-0.05, 0) is 64.0 Å². The summed E-state index contributed by atoms with van der Waals surface area (Å²) in [7, 11) is 6.97. The van der Waals surface area contributed by atoms with Crippen LogP contribution in [0.4, 0.5) is 0 Å². The third kappa shape index (κ3) is 6.10. The molecule has 0 aliphatic heterocycles. The van der Waals surface area contributed by atoms with Crippen molar-refractivity contribution in [1.82, 2.24) is 0 Å². The third-order valence-electron chi connectivity index (χ3n) is 2.36. The molecule has 100 valence electrons. The van der Waals surface area contributed by atoms with Gasteiger partial charge in [0, 0.05) is 0 Å². The first kappa shape index (κ1) is 15.8. The molecule has 0 unspecified atom stereocenters. The fourth-order valence-corrected chi connectivity index (χ4v) is 3.18. The Morgan fingerprint density at radius 2 is 2.39 bits per heavy atom. The summed E-state index contributed by atoms with van der Waals surface area (Å²) in [4.78, 5) is 0. The third-order valence-corrected chi connectivity index (χ3v) is 4.71. The normalized spacial score (nSPS) is 12.5. The Morgan fingerprint density at radius 3 is 3.00 bits per heavy atom. The Bertz CT molecular complexity index is 396. The lowest BCUT2D eigenvalue weighted by atomic mass is 10.2. The van der Waals surface area contributed by atoms with Gasteiger partial charge in [0.2, 0.25) is 0 Å². The molecule has 0 aliphatic carbocycles. The molecule has 0 radical (unpaired) electrons. The lowest BCUT2D eigenvalue weighted by Crippen LogP contribution is -2.01. The van der Waals surface area contributed by atoms with Gasteiger partial charge in [-0.25, -0.2) is 0 Å². The van der Waals surface area contributed by atoms with Crippen LogP contribution in [0, 0.1) is 0 Å². The van der Waals surface area contributed by atoms with Crippen molar-refractivity contribution in [1.29, 1.82) is 0 Å². The molecule has 1 aromatic heterocycles. The maximum atomic E-state index is 5.69. The van der Waals surface area contributed by atoms with Crippen LogP contribution in [-0.2, 0) is 11.2 Å². The minimum Gasteiger partial charge on any atom is -0.376 e. The van der Waals surface area contributed by atoms with E-state index in [1.807, 2.05) is 13.0 Å². The van der Waals surface area contributed by atoms with Gasteiger partial charge in [-0.3, -0.25) is 0 Å². The van der Waals surface area contributed by atoms with E-state index in [1.165, 1.54) is 22.1 Å². The van der Waals surface area contributed by atoms with Crippen molar-refractivity contribution in [3.8, 4) is 0 Å². The maximum absolute atomic E-state index is 5.69. The monoisotopic (exact) mass is 302 g/mol. The zero-order valence-electron chi connectivity index (χ0n) is 10.8. The highest BCUT2D eigenvalue weighted by molar-refractivity contribution is 8.22. The second-order valence-corrected chi connectivity index (χ2v) is 6.07. The largest absolute Gasteiger partial charge is 0.376 e. The molecule has 0 spiro atoms. The van der Waals surface area contributed by atoms with E-state index in [4.69, 9.17) is 15.4 Å². The summed E-state index contributed by atoms with van der Waals surface area (Å²) in [5.74, 6) is 0. The molecule has 1 rings (SSSR count). The molecular weight excluding hydrogens is 284 g/mol. The molecule has 18 heavy (non-hydrogen) atoms. The second-order valence-electron chi connectivity index (χ2n) is 3.84. The molecule has 1 heterocycles. The van der Waals surface area contributed by atoms with Gasteiger partial charge in [-0.1, -0.05) is 25.2 Å². The van der Waals surface area contributed by atoms with Gasteiger partial charge < -0.3 is 4.74 Å². The van der Waals surface area contributed by atoms with Crippen LogP contribution >= 0.6 is 33.0 Å². The molecule has 0 fully saturated rings. The SMILES string of the molecule is C/C=C\C(=C/CC)COCCc1csc(SCl)c1. The minimum atomic E-state index is 0.694. The Balaban J connectivity index is 2.27. The summed E-state index contributed by atoms with van der Waals surface area (Å²) in [6.45, 7) is 5.61. The summed E-state index contributed by atoms with van der Waals surface area (Å²) in [6, 6.07) is 2.13. The molecule has 0 bridgehead atoms. The van der Waals surface area contributed by atoms with Crippen molar-refractivity contribution in [2.24, 2.45) is 0 Å². The highest BCUT2D eigenvalue weighted by atomic mass is 35.7. The molecule has 0 atom stereocenters. The van der Waals surface area contributed by atoms with Crippen molar-refractivity contribution in [3.05, 3.63) is 40.8 Å². The topological polar surface area (TPSA) is 9.23 Å². The number of halogens is 1. The molecular formula is C14H19ClOS2. The lowest BCUT2D eigenvalue weighted by molar-refractivity contribution is 0.161. The first-order valence-electron chi connectivity index (χ1n) is 6.05. The van der Waals surface area contributed by atoms with E-state index >= 15 is 0 Å². The first-order valence-corrected chi connectivity index (χ1v) is 8.57. The number of hydrogen-bond donors (Lipinski definition) is 0. The standard InChI is InChI=1S/C14H19ClOS2/c1-3-5-12(6-4-2)10-16-8-7-13-9-14(18-15)17-11-13/h3,5-6,9,11H,4,7-8,10H2,1-2H3/b5-3-,12-6+. The zero-order chi connectivity index (χ0) is 13.2. The predicted molar refractivity (Wildman–Crippen MR) is 83.7 cm³/mol. The zero-order valence-corrected chi connectivity index (χ0v) is 13.2. The number of thiophene rings is 1. The molecule has 0 saturated heterocycles. The Kier molecular flexibility index (Phi) is 8.51. The van der Waals surface area contributed by atoms with E-state index in [0.29, 0.717) is 6.61 Å². The van der Waals surface area contributed by atoms with Crippen LogP contribution in [0.25, 0.3) is 0 Å². The van der Waals surface area contributed by atoms with Crippen LogP contribution in [0.1, 0.15) is 25.8 Å². The number of allylic oxidation sites excluding steroid dienone is 2. The van der Waals surface area contributed by atoms with Gasteiger partial charge in [0.15, 0.2) is 0 Å². The van der Waals surface area contributed by atoms with Crippen molar-refractivity contribution in [3.63, 3.8) is 0 Å². The average molecular weight is 303 g/mol. The summed E-state index contributed by atoms with van der Waals surface area (Å²) in [5.41, 5.74) is 2.55. The van der Waals surface area contributed by atoms with Crippen LogP contribution in [0.15, 0.2) is 39.5 Å². The van der Waals surface area contributed by atoms with Crippen LogP contribution in [0.3, 0.4) is 0 Å². The minimum absolute atomic E-state index is 0.694. The van der Waals surface area contributed by atoms with E-state index in [0.717, 1.165) is 23.7 Å². The Hall–Kier alpha value is -0.220. The highest BCUT2D eigenvalue weighted by Gasteiger charge is 2.00. The van der Waals surface area contributed by atoms with Crippen molar-refractivity contribution in [2.75, 3.05) is 13.2 Å². The quantitative estimate of drug-likeness (QED) is 0.465. The summed E-state index contributed by atoms with van der Waals surface area (Å²) >= 11 is 1.68. The van der Waals surface area contributed by atoms with Crippen molar-refractivity contribution in [2.45, 2.75) is 30.9 Å². The molecule has 0 amide bonds. The summed E-state index contributed by atoms with van der Waals surface area (Å²) in [5, 5.41) is 2.14. The van der Waals surface area contributed by atoms with Crippen LogP contribution in [0.2, 0.25) is 0 Å². The molecule has 4 heteroatoms. The van der Waals surface area contributed by atoms with Gasteiger partial charge in [0.05, 0.1) is 17.4 Å². The smallest absolute Gasteiger partial charge is 0.0759 e. The van der Waals surface area contributed by atoms with Crippen molar-refractivity contribution < 1.29 is 4.74 Å². The Morgan fingerprint density at radius 1 is 1.56 bits per heavy atom. The van der Waals surface area contributed by atoms with Gasteiger partial charge in [0.25, 0.3) is 0 Å². The maximum Gasteiger partial charge on any atom is 0.0759 e. The van der Waals surface area contributed by atoms with Gasteiger partial charge in [-0.15, -0.1) is 11.3 Å². The second kappa shape index (κ2) is 9.68. The molecule has 1 aromatic rings. The van der Waals surface area contributed by atoms with Crippen LogP contribution in [0.5, 0.6) is 0 Å². The van der Waals surface area contributed by atoms with E-state index in [1.54, 1.807) is 11.3 Å². The van der Waals surface area contributed by atoms with Crippen LogP contribution in [-0.4, -0.2) is 13.2 Å². The molecule has 0 aliphatic rings. The van der Waals surface area contributed by atoms with Gasteiger partial charge in [-0.2, -0.15) is 0 Å². The lowest BCUT2D eigenvalue weighted by Gasteiger charge is -2.04. The summed E-state index contributed by atoms with van der Waals surface area (Å²) in [6.07, 6.45) is 8.35. The van der Waals surface area contributed by atoms with Gasteiger partial charge >= 0.3 is 0 Å². The van der Waals surface area contributed by atoms with E-state index in [-0.39, 0.29) is 0 Å². The number of rotatable bonds is 8.